The molecule has 1 aromatic carbocycles. The molecule has 2 aromatic rings. The molecular formula is C14H17F2N3O. The largest absolute Gasteiger partial charge is 0.435 e. The fourth-order valence-electron chi connectivity index (χ4n) is 2.01. The van der Waals surface area contributed by atoms with Crippen molar-refractivity contribution in [3.63, 3.8) is 0 Å². The molecule has 0 N–H and O–H groups in total. The number of nitrogens with zero attached hydrogens (tertiary/aromatic N) is 3. The fraction of sp³-hybridized carbons (Fsp3) is 0.357. The van der Waals surface area contributed by atoms with Crippen molar-refractivity contribution in [2.75, 3.05) is 7.05 Å². The molecule has 0 radical (unpaired) electrons. The van der Waals surface area contributed by atoms with Crippen molar-refractivity contribution in [1.29, 1.82) is 0 Å². The third kappa shape index (κ3) is 4.31. The van der Waals surface area contributed by atoms with Crippen molar-refractivity contribution in [2.24, 2.45) is 7.05 Å². The first-order valence-electron chi connectivity index (χ1n) is 6.23. The highest BCUT2D eigenvalue weighted by Crippen LogP contribution is 2.16. The highest BCUT2D eigenvalue weighted by molar-refractivity contribution is 5.27. The smallest absolute Gasteiger partial charge is 0.387 e. The molecule has 0 amide bonds. The van der Waals surface area contributed by atoms with Gasteiger partial charge in [-0.1, -0.05) is 12.1 Å². The number of aromatic nitrogens is 2. The van der Waals surface area contributed by atoms with Crippen LogP contribution in [0.2, 0.25) is 0 Å². The first-order valence-corrected chi connectivity index (χ1v) is 6.23. The predicted molar refractivity (Wildman–Crippen MR) is 71.5 cm³/mol. The van der Waals surface area contributed by atoms with Crippen LogP contribution in [-0.2, 0) is 20.1 Å². The van der Waals surface area contributed by atoms with E-state index < -0.39 is 6.61 Å². The van der Waals surface area contributed by atoms with E-state index in [9.17, 15) is 8.78 Å². The molecule has 0 unspecified atom stereocenters. The third-order valence-corrected chi connectivity index (χ3v) is 2.81. The highest BCUT2D eigenvalue weighted by atomic mass is 19.3. The van der Waals surface area contributed by atoms with E-state index >= 15 is 0 Å². The second-order valence-corrected chi connectivity index (χ2v) is 4.72. The quantitative estimate of drug-likeness (QED) is 0.815. The van der Waals surface area contributed by atoms with Gasteiger partial charge in [0, 0.05) is 31.9 Å². The molecule has 1 aromatic heterocycles. The summed E-state index contributed by atoms with van der Waals surface area (Å²) < 4.78 is 30.2. The summed E-state index contributed by atoms with van der Waals surface area (Å²) in [6.45, 7) is -1.28. The zero-order chi connectivity index (χ0) is 14.5. The molecule has 1 heterocycles. The maximum Gasteiger partial charge on any atom is 0.387 e. The van der Waals surface area contributed by atoms with Gasteiger partial charge in [0.15, 0.2) is 0 Å². The van der Waals surface area contributed by atoms with Gasteiger partial charge in [0.25, 0.3) is 0 Å². The highest BCUT2D eigenvalue weighted by Gasteiger charge is 2.06. The van der Waals surface area contributed by atoms with Gasteiger partial charge in [-0.3, -0.25) is 9.58 Å². The standard InChI is InChI=1S/C14H17F2N3O/c1-18(9-12-7-17-19(2)10-12)8-11-3-5-13(6-4-11)20-14(15)16/h3-7,10,14H,8-9H2,1-2H3. The summed E-state index contributed by atoms with van der Waals surface area (Å²) in [4.78, 5) is 2.12. The van der Waals surface area contributed by atoms with Crippen LogP contribution in [-0.4, -0.2) is 28.3 Å². The Balaban J connectivity index is 1.89. The summed E-state index contributed by atoms with van der Waals surface area (Å²) in [7, 11) is 3.88. The van der Waals surface area contributed by atoms with Gasteiger partial charge in [0.05, 0.1) is 6.20 Å². The van der Waals surface area contributed by atoms with E-state index in [0.717, 1.165) is 24.2 Å². The molecule has 0 saturated carbocycles. The predicted octanol–water partition coefficient (Wildman–Crippen LogP) is 2.65. The number of aryl methyl sites for hydroxylation is 1. The van der Waals surface area contributed by atoms with Crippen molar-refractivity contribution >= 4 is 0 Å². The van der Waals surface area contributed by atoms with E-state index in [1.807, 2.05) is 26.5 Å². The Labute approximate surface area is 116 Å². The Morgan fingerprint density at radius 3 is 2.40 bits per heavy atom. The molecule has 4 nitrogen and oxygen atoms in total. The molecule has 0 fully saturated rings. The molecule has 0 bridgehead atoms. The van der Waals surface area contributed by atoms with Crippen LogP contribution in [0.25, 0.3) is 0 Å². The Kier molecular flexibility index (Phi) is 4.68. The van der Waals surface area contributed by atoms with E-state index in [0.29, 0.717) is 0 Å². The number of alkyl halides is 2. The van der Waals surface area contributed by atoms with Crippen LogP contribution in [0.1, 0.15) is 11.1 Å². The molecule has 0 aliphatic carbocycles. The zero-order valence-electron chi connectivity index (χ0n) is 11.5. The van der Waals surface area contributed by atoms with Crippen LogP contribution in [0.4, 0.5) is 8.78 Å². The van der Waals surface area contributed by atoms with Crippen molar-refractivity contribution in [3.05, 3.63) is 47.8 Å². The van der Waals surface area contributed by atoms with Crippen molar-refractivity contribution in [1.82, 2.24) is 14.7 Å². The van der Waals surface area contributed by atoms with Gasteiger partial charge in [-0.2, -0.15) is 13.9 Å². The second-order valence-electron chi connectivity index (χ2n) is 4.72. The lowest BCUT2D eigenvalue weighted by atomic mass is 10.2. The molecule has 0 atom stereocenters. The van der Waals surface area contributed by atoms with Crippen LogP contribution in [0.5, 0.6) is 5.75 Å². The second kappa shape index (κ2) is 6.47. The van der Waals surface area contributed by atoms with Gasteiger partial charge < -0.3 is 4.74 Å². The molecule has 6 heteroatoms. The Morgan fingerprint density at radius 2 is 1.85 bits per heavy atom. The van der Waals surface area contributed by atoms with Gasteiger partial charge in [0.2, 0.25) is 0 Å². The summed E-state index contributed by atoms with van der Waals surface area (Å²) in [5.41, 5.74) is 2.17. The molecule has 2 rings (SSSR count). The Hall–Kier alpha value is -1.95. The van der Waals surface area contributed by atoms with E-state index in [1.54, 1.807) is 28.9 Å². The lowest BCUT2D eigenvalue weighted by molar-refractivity contribution is -0.0498. The maximum absolute atomic E-state index is 12.0. The molecule has 0 saturated heterocycles. The third-order valence-electron chi connectivity index (χ3n) is 2.81. The fourth-order valence-corrected chi connectivity index (χ4v) is 2.01. The van der Waals surface area contributed by atoms with Crippen LogP contribution in [0.15, 0.2) is 36.7 Å². The molecule has 0 spiro atoms. The van der Waals surface area contributed by atoms with Crippen molar-refractivity contribution < 1.29 is 13.5 Å². The Morgan fingerprint density at radius 1 is 1.20 bits per heavy atom. The summed E-state index contributed by atoms with van der Waals surface area (Å²) in [6, 6.07) is 6.69. The normalized spacial score (nSPS) is 11.3. The monoisotopic (exact) mass is 281 g/mol. The minimum Gasteiger partial charge on any atom is -0.435 e. The average molecular weight is 281 g/mol. The van der Waals surface area contributed by atoms with Crippen LogP contribution >= 0.6 is 0 Å². The van der Waals surface area contributed by atoms with Crippen molar-refractivity contribution in [2.45, 2.75) is 19.7 Å². The topological polar surface area (TPSA) is 30.3 Å². The first-order chi connectivity index (χ1) is 9.52. The molecule has 20 heavy (non-hydrogen) atoms. The number of benzene rings is 1. The number of hydrogen-bond donors (Lipinski definition) is 0. The number of halogens is 2. The minimum atomic E-state index is -2.78. The lowest BCUT2D eigenvalue weighted by Crippen LogP contribution is -2.16. The van der Waals surface area contributed by atoms with E-state index in [4.69, 9.17) is 0 Å². The van der Waals surface area contributed by atoms with Crippen LogP contribution in [0, 0.1) is 0 Å². The van der Waals surface area contributed by atoms with E-state index in [2.05, 4.69) is 14.7 Å². The summed E-state index contributed by atoms with van der Waals surface area (Å²) in [5.74, 6) is 0.179. The van der Waals surface area contributed by atoms with Gasteiger partial charge >= 0.3 is 6.61 Å². The van der Waals surface area contributed by atoms with Gasteiger partial charge in [0.1, 0.15) is 5.75 Å². The lowest BCUT2D eigenvalue weighted by Gasteiger charge is -2.16. The SMILES string of the molecule is CN(Cc1ccc(OC(F)F)cc1)Cc1cnn(C)c1. The van der Waals surface area contributed by atoms with Crippen LogP contribution < -0.4 is 4.74 Å². The van der Waals surface area contributed by atoms with Crippen molar-refractivity contribution in [3.8, 4) is 5.75 Å². The molecule has 108 valence electrons. The van der Waals surface area contributed by atoms with Crippen LogP contribution in [0.3, 0.4) is 0 Å². The molecular weight excluding hydrogens is 264 g/mol. The summed E-state index contributed by atoms with van der Waals surface area (Å²) >= 11 is 0. The number of hydrogen-bond acceptors (Lipinski definition) is 3. The average Bonchev–Trinajstić information content (AvgIpc) is 2.76. The van der Waals surface area contributed by atoms with E-state index in [1.165, 1.54) is 0 Å². The van der Waals surface area contributed by atoms with Gasteiger partial charge in [-0.15, -0.1) is 0 Å². The first kappa shape index (κ1) is 14.5. The van der Waals surface area contributed by atoms with Gasteiger partial charge in [-0.05, 0) is 24.7 Å². The van der Waals surface area contributed by atoms with Gasteiger partial charge in [-0.25, -0.2) is 0 Å². The number of ether oxygens (including phenoxy) is 1. The van der Waals surface area contributed by atoms with E-state index in [-0.39, 0.29) is 5.75 Å². The molecule has 0 aliphatic rings. The summed E-state index contributed by atoms with van der Waals surface area (Å²) in [5, 5.41) is 4.12. The summed E-state index contributed by atoms with van der Waals surface area (Å²) in [6.07, 6.45) is 3.80. The maximum atomic E-state index is 12.0. The number of rotatable bonds is 6. The zero-order valence-corrected chi connectivity index (χ0v) is 11.5. The molecule has 0 aliphatic heterocycles. The minimum absolute atomic E-state index is 0.179. The Bertz CT molecular complexity index is 540.